The van der Waals surface area contributed by atoms with Crippen molar-refractivity contribution in [1.29, 1.82) is 0 Å². The largest absolute Gasteiger partial charge is 0.465 e. The molecule has 0 saturated carbocycles. The second kappa shape index (κ2) is 4.48. The molecule has 0 spiro atoms. The minimum absolute atomic E-state index is 0.0113. The molecule has 0 radical (unpaired) electrons. The van der Waals surface area contributed by atoms with Crippen LogP contribution in [-0.4, -0.2) is 38.9 Å². The molecule has 3 rings (SSSR count). The Morgan fingerprint density at radius 1 is 1.50 bits per heavy atom. The molecule has 0 unspecified atom stereocenters. The highest BCUT2D eigenvalue weighted by molar-refractivity contribution is 5.92. The van der Waals surface area contributed by atoms with Gasteiger partial charge in [0.25, 0.3) is 0 Å². The zero-order valence-electron chi connectivity index (χ0n) is 9.64. The van der Waals surface area contributed by atoms with E-state index in [0.717, 1.165) is 0 Å². The number of nitrogens with zero attached hydrogens (tertiary/aromatic N) is 4. The predicted octanol–water partition coefficient (Wildman–Crippen LogP) is 0.968. The Morgan fingerprint density at radius 3 is 3.06 bits per heavy atom. The van der Waals surface area contributed by atoms with Crippen molar-refractivity contribution in [2.45, 2.75) is 6.04 Å². The van der Waals surface area contributed by atoms with Crippen LogP contribution in [0.2, 0.25) is 0 Å². The second-order valence-electron chi connectivity index (χ2n) is 4.13. The van der Waals surface area contributed by atoms with E-state index in [1.54, 1.807) is 40.3 Å². The quantitative estimate of drug-likeness (QED) is 0.755. The number of carbonyl (C=O) groups is 1. The molecule has 1 fully saturated rings. The predicted molar refractivity (Wildman–Crippen MR) is 63.4 cm³/mol. The lowest BCUT2D eigenvalue weighted by Crippen LogP contribution is -2.50. The Hall–Kier alpha value is -2.37. The number of amides is 1. The summed E-state index contributed by atoms with van der Waals surface area (Å²) in [4.78, 5) is 13.5. The van der Waals surface area contributed by atoms with Gasteiger partial charge in [-0.2, -0.15) is 0 Å². The zero-order valence-corrected chi connectivity index (χ0v) is 9.64. The van der Waals surface area contributed by atoms with Gasteiger partial charge >= 0.3 is 0 Å². The maximum absolute atomic E-state index is 11.8. The smallest absolute Gasteiger partial charge is 0.246 e. The first-order chi connectivity index (χ1) is 8.83. The third-order valence-corrected chi connectivity index (χ3v) is 2.92. The summed E-state index contributed by atoms with van der Waals surface area (Å²) in [7, 11) is 0. The third-order valence-electron chi connectivity index (χ3n) is 2.92. The number of likely N-dealkylation sites (tertiary alicyclic amines) is 1. The molecule has 0 atom stereocenters. The summed E-state index contributed by atoms with van der Waals surface area (Å²) in [6.07, 6.45) is 8.22. The van der Waals surface area contributed by atoms with Gasteiger partial charge in [0, 0.05) is 25.4 Å². The molecule has 18 heavy (non-hydrogen) atoms. The van der Waals surface area contributed by atoms with Crippen LogP contribution in [0, 0.1) is 0 Å². The van der Waals surface area contributed by atoms with Gasteiger partial charge in [-0.3, -0.25) is 4.79 Å². The molecule has 1 aliphatic heterocycles. The number of hydrogen-bond acceptors (Lipinski definition) is 4. The molecule has 1 amide bonds. The van der Waals surface area contributed by atoms with E-state index in [9.17, 15) is 4.79 Å². The van der Waals surface area contributed by atoms with Crippen LogP contribution in [0.1, 0.15) is 11.8 Å². The molecule has 2 aromatic rings. The van der Waals surface area contributed by atoms with E-state index < -0.39 is 0 Å². The minimum atomic E-state index is -0.0113. The van der Waals surface area contributed by atoms with Gasteiger partial charge in [0.2, 0.25) is 5.91 Å². The monoisotopic (exact) mass is 244 g/mol. The van der Waals surface area contributed by atoms with Crippen LogP contribution < -0.4 is 0 Å². The maximum atomic E-state index is 11.8. The van der Waals surface area contributed by atoms with Crippen molar-refractivity contribution in [3.63, 3.8) is 0 Å². The minimum Gasteiger partial charge on any atom is -0.465 e. The van der Waals surface area contributed by atoms with Gasteiger partial charge in [-0.05, 0) is 18.2 Å². The first-order valence-electron chi connectivity index (χ1n) is 5.69. The van der Waals surface area contributed by atoms with Crippen LogP contribution in [0.3, 0.4) is 0 Å². The lowest BCUT2D eigenvalue weighted by Gasteiger charge is -2.38. The van der Waals surface area contributed by atoms with E-state index >= 15 is 0 Å². The number of hydrogen-bond donors (Lipinski definition) is 0. The fourth-order valence-electron chi connectivity index (χ4n) is 1.86. The molecular weight excluding hydrogens is 232 g/mol. The standard InChI is InChI=1S/C12H12N4O2/c17-12(4-3-11-2-1-7-18-11)15-8-10(9-15)16-6-5-13-14-16/h1-7,10H,8-9H2. The van der Waals surface area contributed by atoms with E-state index in [-0.39, 0.29) is 11.9 Å². The highest BCUT2D eigenvalue weighted by Crippen LogP contribution is 2.20. The Kier molecular flexibility index (Phi) is 2.68. The molecular formula is C12H12N4O2. The Labute approximate surface area is 103 Å². The molecule has 6 nitrogen and oxygen atoms in total. The molecule has 0 bridgehead atoms. The van der Waals surface area contributed by atoms with E-state index in [4.69, 9.17) is 4.42 Å². The highest BCUT2D eigenvalue weighted by atomic mass is 16.3. The summed E-state index contributed by atoms with van der Waals surface area (Å²) in [5, 5.41) is 7.66. The maximum Gasteiger partial charge on any atom is 0.246 e. The van der Waals surface area contributed by atoms with Crippen molar-refractivity contribution in [2.24, 2.45) is 0 Å². The summed E-state index contributed by atoms with van der Waals surface area (Å²) in [6, 6.07) is 3.83. The molecule has 6 heteroatoms. The number of carbonyl (C=O) groups excluding carboxylic acids is 1. The normalized spacial score (nSPS) is 16.1. The first kappa shape index (κ1) is 10.8. The summed E-state index contributed by atoms with van der Waals surface area (Å²) in [6.45, 7) is 1.34. The fraction of sp³-hybridized carbons (Fsp3) is 0.250. The second-order valence-corrected chi connectivity index (χ2v) is 4.13. The van der Waals surface area contributed by atoms with Crippen molar-refractivity contribution in [3.8, 4) is 0 Å². The molecule has 0 aromatic carbocycles. The topological polar surface area (TPSA) is 64.2 Å². The third kappa shape index (κ3) is 2.04. The van der Waals surface area contributed by atoms with Crippen molar-refractivity contribution < 1.29 is 9.21 Å². The molecule has 92 valence electrons. The van der Waals surface area contributed by atoms with Crippen molar-refractivity contribution in [1.82, 2.24) is 19.9 Å². The van der Waals surface area contributed by atoms with Gasteiger partial charge in [-0.25, -0.2) is 4.68 Å². The van der Waals surface area contributed by atoms with E-state index in [1.807, 2.05) is 6.20 Å². The molecule has 3 heterocycles. The average Bonchev–Trinajstić information content (AvgIpc) is 2.97. The van der Waals surface area contributed by atoms with Crippen LogP contribution in [0.25, 0.3) is 6.08 Å². The molecule has 1 saturated heterocycles. The molecule has 0 aliphatic carbocycles. The van der Waals surface area contributed by atoms with Crippen molar-refractivity contribution >= 4 is 12.0 Å². The van der Waals surface area contributed by atoms with E-state index in [1.165, 1.54) is 6.08 Å². The molecule has 1 aliphatic rings. The van der Waals surface area contributed by atoms with Gasteiger partial charge in [-0.15, -0.1) is 5.10 Å². The van der Waals surface area contributed by atoms with Gasteiger partial charge < -0.3 is 9.32 Å². The average molecular weight is 244 g/mol. The van der Waals surface area contributed by atoms with Gasteiger partial charge in [0.05, 0.1) is 18.5 Å². The van der Waals surface area contributed by atoms with Crippen LogP contribution >= 0.6 is 0 Å². The number of aromatic nitrogens is 3. The fourth-order valence-corrected chi connectivity index (χ4v) is 1.86. The summed E-state index contributed by atoms with van der Waals surface area (Å²) in [5.41, 5.74) is 0. The SMILES string of the molecule is O=C(C=Cc1ccco1)N1CC(n2ccnn2)C1. The summed E-state index contributed by atoms with van der Waals surface area (Å²) >= 11 is 0. The zero-order chi connectivity index (χ0) is 12.4. The van der Waals surface area contributed by atoms with E-state index in [0.29, 0.717) is 18.8 Å². The van der Waals surface area contributed by atoms with Crippen LogP contribution in [0.15, 0.2) is 41.3 Å². The van der Waals surface area contributed by atoms with Gasteiger partial charge in [0.15, 0.2) is 0 Å². The van der Waals surface area contributed by atoms with Crippen LogP contribution in [-0.2, 0) is 4.79 Å². The van der Waals surface area contributed by atoms with Crippen LogP contribution in [0.4, 0.5) is 0 Å². The first-order valence-corrected chi connectivity index (χ1v) is 5.69. The highest BCUT2D eigenvalue weighted by Gasteiger charge is 2.31. The van der Waals surface area contributed by atoms with Crippen molar-refractivity contribution in [2.75, 3.05) is 13.1 Å². The lowest BCUT2D eigenvalue weighted by atomic mass is 10.1. The summed E-state index contributed by atoms with van der Waals surface area (Å²) in [5.74, 6) is 0.666. The molecule has 2 aromatic heterocycles. The molecule has 0 N–H and O–H groups in total. The van der Waals surface area contributed by atoms with Gasteiger partial charge in [-0.1, -0.05) is 5.21 Å². The number of rotatable bonds is 3. The van der Waals surface area contributed by atoms with E-state index in [2.05, 4.69) is 10.3 Å². The lowest BCUT2D eigenvalue weighted by molar-refractivity contribution is -0.131. The Bertz CT molecular complexity index is 539. The Morgan fingerprint density at radius 2 is 2.39 bits per heavy atom. The number of furan rings is 1. The van der Waals surface area contributed by atoms with Crippen LogP contribution in [0.5, 0.6) is 0 Å². The Balaban J connectivity index is 1.54. The van der Waals surface area contributed by atoms with Crippen molar-refractivity contribution in [3.05, 3.63) is 42.6 Å². The summed E-state index contributed by atoms with van der Waals surface area (Å²) < 4.78 is 6.89. The van der Waals surface area contributed by atoms with Gasteiger partial charge in [0.1, 0.15) is 5.76 Å².